The van der Waals surface area contributed by atoms with Crippen LogP contribution in [-0.2, 0) is 11.3 Å². The van der Waals surface area contributed by atoms with Gasteiger partial charge >= 0.3 is 0 Å². The molecule has 0 saturated heterocycles. The van der Waals surface area contributed by atoms with Gasteiger partial charge < -0.3 is 14.8 Å². The monoisotopic (exact) mass is 373 g/mol. The van der Waals surface area contributed by atoms with Crippen molar-refractivity contribution in [3.05, 3.63) is 57.6 Å². The van der Waals surface area contributed by atoms with E-state index in [2.05, 4.69) is 5.32 Å². The van der Waals surface area contributed by atoms with Crippen LogP contribution in [0.4, 0.5) is 11.4 Å². The number of amides is 1. The lowest BCUT2D eigenvalue weighted by Crippen LogP contribution is -2.30. The summed E-state index contributed by atoms with van der Waals surface area (Å²) in [5.74, 6) is 0.752. The molecule has 0 radical (unpaired) electrons. The fraction of sp³-hybridized carbons (Fsp3) is 0.316. The van der Waals surface area contributed by atoms with Crippen molar-refractivity contribution in [3.8, 4) is 11.5 Å². The molecule has 1 N–H and O–H groups in total. The van der Waals surface area contributed by atoms with Crippen LogP contribution in [-0.4, -0.2) is 43.5 Å². The first kappa shape index (κ1) is 20.2. The summed E-state index contributed by atoms with van der Waals surface area (Å²) in [6.45, 7) is 2.67. The minimum Gasteiger partial charge on any atom is -0.496 e. The van der Waals surface area contributed by atoms with Crippen LogP contribution in [0, 0.1) is 17.0 Å². The third-order valence-corrected chi connectivity index (χ3v) is 3.96. The van der Waals surface area contributed by atoms with Gasteiger partial charge in [-0.2, -0.15) is 0 Å². The molecule has 8 heteroatoms. The number of nitro groups is 1. The molecule has 2 aromatic carbocycles. The fourth-order valence-corrected chi connectivity index (χ4v) is 2.71. The second kappa shape index (κ2) is 9.00. The number of nitro benzene ring substituents is 1. The van der Waals surface area contributed by atoms with Crippen LogP contribution < -0.4 is 14.8 Å². The van der Waals surface area contributed by atoms with E-state index in [1.807, 2.05) is 37.1 Å². The van der Waals surface area contributed by atoms with Crippen molar-refractivity contribution in [1.82, 2.24) is 4.90 Å². The molecule has 0 aliphatic rings. The zero-order chi connectivity index (χ0) is 20.0. The molecule has 0 fully saturated rings. The highest BCUT2D eigenvalue weighted by atomic mass is 16.6. The van der Waals surface area contributed by atoms with Crippen LogP contribution in [0.1, 0.15) is 11.1 Å². The van der Waals surface area contributed by atoms with Gasteiger partial charge in [-0.1, -0.05) is 17.7 Å². The molecule has 1 amide bonds. The maximum Gasteiger partial charge on any atom is 0.273 e. The third kappa shape index (κ3) is 5.42. The number of benzene rings is 2. The summed E-state index contributed by atoms with van der Waals surface area (Å²) in [5, 5.41) is 13.6. The normalized spacial score (nSPS) is 10.6. The Hall–Kier alpha value is -3.13. The molecule has 144 valence electrons. The summed E-state index contributed by atoms with van der Waals surface area (Å²) < 4.78 is 10.5. The predicted molar refractivity (Wildman–Crippen MR) is 102 cm³/mol. The lowest BCUT2D eigenvalue weighted by atomic mass is 10.1. The molecule has 0 unspecified atom stereocenters. The van der Waals surface area contributed by atoms with Gasteiger partial charge in [0.25, 0.3) is 5.69 Å². The number of hydrogen-bond acceptors (Lipinski definition) is 6. The number of nitrogens with zero attached hydrogens (tertiary/aromatic N) is 2. The first-order chi connectivity index (χ1) is 12.8. The number of anilines is 1. The lowest BCUT2D eigenvalue weighted by molar-refractivity contribution is -0.384. The molecular formula is C19H23N3O5. The van der Waals surface area contributed by atoms with Crippen molar-refractivity contribution in [3.63, 3.8) is 0 Å². The average molecular weight is 373 g/mol. The molecule has 0 aliphatic heterocycles. The maximum absolute atomic E-state index is 12.3. The largest absolute Gasteiger partial charge is 0.496 e. The van der Waals surface area contributed by atoms with Crippen molar-refractivity contribution in [2.75, 3.05) is 33.1 Å². The number of methoxy groups -OCH3 is 2. The van der Waals surface area contributed by atoms with Gasteiger partial charge in [0.2, 0.25) is 5.91 Å². The van der Waals surface area contributed by atoms with Crippen LogP contribution in [0.2, 0.25) is 0 Å². The van der Waals surface area contributed by atoms with Gasteiger partial charge in [-0.3, -0.25) is 19.8 Å². The van der Waals surface area contributed by atoms with Gasteiger partial charge in [0.15, 0.2) is 0 Å². The Morgan fingerprint density at radius 3 is 2.48 bits per heavy atom. The Kier molecular flexibility index (Phi) is 6.73. The highest BCUT2D eigenvalue weighted by Gasteiger charge is 2.15. The Labute approximate surface area is 157 Å². The van der Waals surface area contributed by atoms with Crippen molar-refractivity contribution in [2.45, 2.75) is 13.5 Å². The Balaban J connectivity index is 2.03. The molecule has 0 aromatic heterocycles. The minimum absolute atomic E-state index is 0.103. The summed E-state index contributed by atoms with van der Waals surface area (Å²) in [6, 6.07) is 9.94. The van der Waals surface area contributed by atoms with E-state index in [-0.39, 0.29) is 23.9 Å². The zero-order valence-corrected chi connectivity index (χ0v) is 15.8. The summed E-state index contributed by atoms with van der Waals surface area (Å²) in [4.78, 5) is 24.5. The standard InChI is InChI=1S/C19H23N3O5/c1-13-5-8-17(26-3)14(9-13)11-21(2)12-19(23)20-16-7-6-15(22(24)25)10-18(16)27-4/h5-10H,11-12H2,1-4H3,(H,20,23). The third-order valence-electron chi connectivity index (χ3n) is 3.96. The molecule has 0 spiro atoms. The molecule has 0 bridgehead atoms. The smallest absolute Gasteiger partial charge is 0.273 e. The van der Waals surface area contributed by atoms with Gasteiger partial charge in [-0.25, -0.2) is 0 Å². The first-order valence-electron chi connectivity index (χ1n) is 8.28. The number of aryl methyl sites for hydroxylation is 1. The molecule has 0 saturated carbocycles. The fourth-order valence-electron chi connectivity index (χ4n) is 2.71. The van der Waals surface area contributed by atoms with Crippen LogP contribution in [0.5, 0.6) is 11.5 Å². The molecule has 2 aromatic rings. The lowest BCUT2D eigenvalue weighted by Gasteiger charge is -2.19. The molecule has 2 rings (SSSR count). The molecule has 27 heavy (non-hydrogen) atoms. The van der Waals surface area contributed by atoms with Crippen LogP contribution in [0.3, 0.4) is 0 Å². The van der Waals surface area contributed by atoms with E-state index in [1.165, 1.54) is 25.3 Å². The second-order valence-electron chi connectivity index (χ2n) is 6.18. The van der Waals surface area contributed by atoms with E-state index in [1.54, 1.807) is 7.11 Å². The summed E-state index contributed by atoms with van der Waals surface area (Å²) in [5.41, 5.74) is 2.38. The van der Waals surface area contributed by atoms with Gasteiger partial charge in [-0.15, -0.1) is 0 Å². The number of ether oxygens (including phenoxy) is 2. The molecule has 0 aliphatic carbocycles. The zero-order valence-electron chi connectivity index (χ0n) is 15.8. The quantitative estimate of drug-likeness (QED) is 0.565. The number of rotatable bonds is 8. The topological polar surface area (TPSA) is 93.9 Å². The van der Waals surface area contributed by atoms with E-state index < -0.39 is 4.92 Å². The van der Waals surface area contributed by atoms with Crippen molar-refractivity contribution < 1.29 is 19.2 Å². The van der Waals surface area contributed by atoms with Gasteiger partial charge in [-0.05, 0) is 26.1 Å². The average Bonchev–Trinajstić information content (AvgIpc) is 2.61. The predicted octanol–water partition coefficient (Wildman–Crippen LogP) is 2.99. The summed E-state index contributed by atoms with van der Waals surface area (Å²) in [7, 11) is 4.83. The van der Waals surface area contributed by atoms with Crippen LogP contribution >= 0.6 is 0 Å². The van der Waals surface area contributed by atoms with E-state index in [9.17, 15) is 14.9 Å². The number of nitrogens with one attached hydrogen (secondary N) is 1. The summed E-state index contributed by atoms with van der Waals surface area (Å²) >= 11 is 0. The van der Waals surface area contributed by atoms with Gasteiger partial charge in [0, 0.05) is 18.2 Å². The number of likely N-dealkylation sites (N-methyl/N-ethyl adjacent to an activating group) is 1. The van der Waals surface area contributed by atoms with Crippen molar-refractivity contribution in [1.29, 1.82) is 0 Å². The highest BCUT2D eigenvalue weighted by Crippen LogP contribution is 2.29. The number of carbonyl (C=O) groups is 1. The number of hydrogen-bond donors (Lipinski definition) is 1. The summed E-state index contributed by atoms with van der Waals surface area (Å²) in [6.07, 6.45) is 0. The van der Waals surface area contributed by atoms with Gasteiger partial charge in [0.05, 0.1) is 37.4 Å². The SMILES string of the molecule is COc1ccc(C)cc1CN(C)CC(=O)Nc1ccc([N+](=O)[O-])cc1OC. The molecule has 8 nitrogen and oxygen atoms in total. The molecule has 0 heterocycles. The van der Waals surface area contributed by atoms with Crippen LogP contribution in [0.15, 0.2) is 36.4 Å². The Morgan fingerprint density at radius 1 is 1.15 bits per heavy atom. The minimum atomic E-state index is -0.517. The number of carbonyl (C=O) groups excluding carboxylic acids is 1. The molecule has 0 atom stereocenters. The first-order valence-corrected chi connectivity index (χ1v) is 8.28. The van der Waals surface area contributed by atoms with E-state index in [0.717, 1.165) is 16.9 Å². The van der Waals surface area contributed by atoms with E-state index >= 15 is 0 Å². The van der Waals surface area contributed by atoms with Crippen molar-refractivity contribution in [2.24, 2.45) is 0 Å². The number of non-ortho nitro benzene ring substituents is 1. The highest BCUT2D eigenvalue weighted by molar-refractivity contribution is 5.93. The molecular weight excluding hydrogens is 350 g/mol. The Bertz CT molecular complexity index is 838. The second-order valence-corrected chi connectivity index (χ2v) is 6.18. The van der Waals surface area contributed by atoms with Gasteiger partial charge in [0.1, 0.15) is 11.5 Å². The van der Waals surface area contributed by atoms with Crippen molar-refractivity contribution >= 4 is 17.3 Å². The maximum atomic E-state index is 12.3. The van der Waals surface area contributed by atoms with E-state index in [4.69, 9.17) is 9.47 Å². The Morgan fingerprint density at radius 2 is 1.85 bits per heavy atom. The van der Waals surface area contributed by atoms with E-state index in [0.29, 0.717) is 12.2 Å². The van der Waals surface area contributed by atoms with Crippen LogP contribution in [0.25, 0.3) is 0 Å².